The van der Waals surface area contributed by atoms with Crippen LogP contribution in [0.15, 0.2) is 33.7 Å². The molecule has 3 N–H and O–H groups in total. The molecular weight excluding hydrogens is 479 g/mol. The summed E-state index contributed by atoms with van der Waals surface area (Å²) in [5.41, 5.74) is 1.17. The number of nitrogens with zero attached hydrogens (tertiary/aromatic N) is 1. The average molecular weight is 506 g/mol. The first-order valence-corrected chi connectivity index (χ1v) is 11.8. The van der Waals surface area contributed by atoms with Crippen molar-refractivity contribution in [2.45, 2.75) is 69.5 Å². The fraction of sp³-hybridized carbons (Fsp3) is 0.476. The van der Waals surface area contributed by atoms with Gasteiger partial charge in [0.1, 0.15) is 5.69 Å². The molecule has 1 heterocycles. The summed E-state index contributed by atoms with van der Waals surface area (Å²) in [7, 11) is -3.79. The Morgan fingerprint density at radius 3 is 2.12 bits per heavy atom. The van der Waals surface area contributed by atoms with E-state index in [1.54, 1.807) is 26.0 Å². The molecule has 0 radical (unpaired) electrons. The zero-order valence-electron chi connectivity index (χ0n) is 19.0. The van der Waals surface area contributed by atoms with E-state index < -0.39 is 27.6 Å². The maximum atomic E-state index is 12.6. The molecule has 188 valence electrons. The fourth-order valence-corrected chi connectivity index (χ4v) is 4.55. The van der Waals surface area contributed by atoms with Crippen LogP contribution in [0.2, 0.25) is 0 Å². The highest BCUT2D eigenvalue weighted by Gasteiger charge is 2.51. The van der Waals surface area contributed by atoms with Gasteiger partial charge in [0.25, 0.3) is 10.0 Å². The van der Waals surface area contributed by atoms with Gasteiger partial charge >= 0.3 is 12.1 Å². The van der Waals surface area contributed by atoms with Gasteiger partial charge in [0.05, 0.1) is 5.41 Å². The second kappa shape index (κ2) is 10.0. The Bertz CT molecular complexity index is 1120. The van der Waals surface area contributed by atoms with E-state index in [0.717, 1.165) is 24.8 Å². The number of hydrogen-bond acceptors (Lipinski definition) is 6. The first kappa shape index (κ1) is 27.2. The van der Waals surface area contributed by atoms with E-state index in [2.05, 4.69) is 15.2 Å². The highest BCUT2D eigenvalue weighted by molar-refractivity contribution is 7.92. The van der Waals surface area contributed by atoms with Gasteiger partial charge in [0.15, 0.2) is 10.7 Å². The summed E-state index contributed by atoms with van der Waals surface area (Å²) >= 11 is 0. The number of aromatic nitrogens is 1. The topological polar surface area (TPSA) is 139 Å². The Kier molecular flexibility index (Phi) is 8.02. The number of hydrogen-bond donors (Lipinski definition) is 3. The fourth-order valence-electron chi connectivity index (χ4n) is 3.16. The lowest BCUT2D eigenvalue weighted by molar-refractivity contribution is -0.192. The van der Waals surface area contributed by atoms with E-state index in [4.69, 9.17) is 14.4 Å². The number of amides is 1. The van der Waals surface area contributed by atoms with Crippen molar-refractivity contribution in [1.82, 2.24) is 10.5 Å². The van der Waals surface area contributed by atoms with E-state index in [1.165, 1.54) is 0 Å². The highest BCUT2D eigenvalue weighted by Crippen LogP contribution is 2.48. The molecule has 1 aromatic heterocycles. The minimum absolute atomic E-state index is 0.0425. The van der Waals surface area contributed by atoms with Crippen molar-refractivity contribution in [1.29, 1.82) is 0 Å². The van der Waals surface area contributed by atoms with Gasteiger partial charge in [-0.05, 0) is 57.7 Å². The molecule has 13 heteroatoms. The monoisotopic (exact) mass is 505 g/mol. The Balaban J connectivity index is 0.000000509. The van der Waals surface area contributed by atoms with Crippen LogP contribution in [0.1, 0.15) is 50.1 Å². The number of aliphatic carboxylic acids is 1. The summed E-state index contributed by atoms with van der Waals surface area (Å²) in [5.74, 6) is -2.47. The summed E-state index contributed by atoms with van der Waals surface area (Å²) in [5, 5.41) is 13.9. The molecule has 1 amide bonds. The SMILES string of the molecule is CCC(C)NC(=O)C1(c2ccc(NS(=O)(=O)c3c(C)noc3C)cc2)CC1.O=C(O)C(F)(F)F. The third-order valence-corrected chi connectivity index (χ3v) is 6.97. The molecule has 1 unspecified atom stereocenters. The van der Waals surface area contributed by atoms with E-state index >= 15 is 0 Å². The molecule has 0 aliphatic heterocycles. The number of carbonyl (C=O) groups excluding carboxylic acids is 1. The van der Waals surface area contributed by atoms with Gasteiger partial charge in [-0.3, -0.25) is 9.52 Å². The van der Waals surface area contributed by atoms with Crippen molar-refractivity contribution in [2.75, 3.05) is 4.72 Å². The zero-order chi connectivity index (χ0) is 25.9. The normalized spacial score (nSPS) is 15.5. The smallest absolute Gasteiger partial charge is 0.475 e. The number of carboxylic acid groups (broad SMARTS) is 1. The van der Waals surface area contributed by atoms with E-state index in [-0.39, 0.29) is 22.6 Å². The number of sulfonamides is 1. The number of nitrogens with one attached hydrogen (secondary N) is 2. The molecule has 1 aliphatic rings. The Morgan fingerprint density at radius 2 is 1.74 bits per heavy atom. The maximum Gasteiger partial charge on any atom is 0.490 e. The molecular formula is C21H26F3N3O6S. The molecule has 1 aromatic carbocycles. The van der Waals surface area contributed by atoms with Crippen LogP contribution in [0.25, 0.3) is 0 Å². The van der Waals surface area contributed by atoms with Crippen molar-refractivity contribution >= 4 is 27.6 Å². The third-order valence-electron chi connectivity index (χ3n) is 5.34. The molecule has 2 aromatic rings. The molecule has 0 spiro atoms. The van der Waals surface area contributed by atoms with Gasteiger partial charge in [0.2, 0.25) is 5.91 Å². The van der Waals surface area contributed by atoms with Crippen LogP contribution in [-0.4, -0.2) is 42.8 Å². The van der Waals surface area contributed by atoms with Crippen molar-refractivity contribution in [3.8, 4) is 0 Å². The van der Waals surface area contributed by atoms with Crippen molar-refractivity contribution < 1.29 is 40.8 Å². The summed E-state index contributed by atoms with van der Waals surface area (Å²) in [6.45, 7) is 7.16. The number of rotatable bonds is 7. The van der Waals surface area contributed by atoms with Crippen LogP contribution >= 0.6 is 0 Å². The number of anilines is 1. The first-order valence-electron chi connectivity index (χ1n) is 10.3. The molecule has 1 saturated carbocycles. The number of carbonyl (C=O) groups is 2. The van der Waals surface area contributed by atoms with Gasteiger partial charge in [-0.1, -0.05) is 24.2 Å². The standard InChI is InChI=1S/C19H25N3O4S.C2HF3O2/c1-5-12(2)20-18(23)19(10-11-19)15-6-8-16(9-7-15)22-27(24,25)17-13(3)21-26-14(17)4;3-2(4,5)1(6)7/h6-9,12,22H,5,10-11H2,1-4H3,(H,20,23);(H,6,7). The van der Waals surface area contributed by atoms with Gasteiger partial charge in [0, 0.05) is 11.7 Å². The summed E-state index contributed by atoms with van der Waals surface area (Å²) < 4.78 is 64.4. The van der Waals surface area contributed by atoms with E-state index in [1.807, 2.05) is 26.0 Å². The zero-order valence-corrected chi connectivity index (χ0v) is 19.8. The minimum Gasteiger partial charge on any atom is -0.475 e. The average Bonchev–Trinajstić information content (AvgIpc) is 3.47. The van der Waals surface area contributed by atoms with Crippen molar-refractivity contribution in [3.63, 3.8) is 0 Å². The predicted molar refractivity (Wildman–Crippen MR) is 116 cm³/mol. The Morgan fingerprint density at radius 1 is 1.21 bits per heavy atom. The quantitative estimate of drug-likeness (QED) is 0.522. The van der Waals surface area contributed by atoms with Crippen LogP contribution in [0.4, 0.5) is 18.9 Å². The lowest BCUT2D eigenvalue weighted by Crippen LogP contribution is -2.39. The van der Waals surface area contributed by atoms with Gasteiger partial charge in [-0.2, -0.15) is 13.2 Å². The number of halogens is 3. The van der Waals surface area contributed by atoms with Gasteiger partial charge in [-0.25, -0.2) is 13.2 Å². The number of alkyl halides is 3. The number of aryl methyl sites for hydroxylation is 2. The molecule has 9 nitrogen and oxygen atoms in total. The second-order valence-corrected chi connectivity index (χ2v) is 9.62. The first-order chi connectivity index (χ1) is 15.6. The van der Waals surface area contributed by atoms with Crippen LogP contribution in [0, 0.1) is 13.8 Å². The molecule has 1 fully saturated rings. The van der Waals surface area contributed by atoms with Crippen LogP contribution in [0.3, 0.4) is 0 Å². The largest absolute Gasteiger partial charge is 0.490 e. The molecule has 3 rings (SSSR count). The maximum absolute atomic E-state index is 12.6. The predicted octanol–water partition coefficient (Wildman–Crippen LogP) is 3.67. The van der Waals surface area contributed by atoms with Crippen molar-refractivity contribution in [3.05, 3.63) is 41.3 Å². The van der Waals surface area contributed by atoms with Crippen molar-refractivity contribution in [2.24, 2.45) is 0 Å². The number of carboxylic acids is 1. The molecule has 0 saturated heterocycles. The molecule has 34 heavy (non-hydrogen) atoms. The van der Waals surface area contributed by atoms with Crippen LogP contribution < -0.4 is 10.0 Å². The van der Waals surface area contributed by atoms with Gasteiger partial charge in [-0.15, -0.1) is 0 Å². The van der Waals surface area contributed by atoms with Crippen LogP contribution in [0.5, 0.6) is 0 Å². The Labute approximate surface area is 194 Å². The van der Waals surface area contributed by atoms with E-state index in [9.17, 15) is 26.4 Å². The lowest BCUT2D eigenvalue weighted by Gasteiger charge is -2.19. The summed E-state index contributed by atoms with van der Waals surface area (Å²) in [4.78, 5) is 21.6. The summed E-state index contributed by atoms with van der Waals surface area (Å²) in [6.07, 6.45) is -2.59. The minimum atomic E-state index is -5.08. The summed E-state index contributed by atoms with van der Waals surface area (Å²) in [6, 6.07) is 7.13. The molecule has 1 aliphatic carbocycles. The molecule has 0 bridgehead atoms. The highest BCUT2D eigenvalue weighted by atomic mass is 32.2. The van der Waals surface area contributed by atoms with E-state index in [0.29, 0.717) is 11.4 Å². The van der Waals surface area contributed by atoms with Crippen LogP contribution in [-0.2, 0) is 25.0 Å². The van der Waals surface area contributed by atoms with Gasteiger partial charge < -0.3 is 14.9 Å². The second-order valence-electron chi connectivity index (χ2n) is 8.00. The molecule has 1 atom stereocenters. The third kappa shape index (κ3) is 6.27. The lowest BCUT2D eigenvalue weighted by atomic mass is 9.94. The Hall–Kier alpha value is -3.09. The number of benzene rings is 1.